The van der Waals surface area contributed by atoms with E-state index in [0.29, 0.717) is 5.69 Å². The van der Waals surface area contributed by atoms with Gasteiger partial charge in [0, 0.05) is 5.69 Å². The van der Waals surface area contributed by atoms with Gasteiger partial charge in [0.1, 0.15) is 5.82 Å². The summed E-state index contributed by atoms with van der Waals surface area (Å²) >= 11 is 0. The molecule has 2 rings (SSSR count). The van der Waals surface area contributed by atoms with E-state index in [2.05, 4.69) is 10.3 Å². The second-order valence-electron chi connectivity index (χ2n) is 3.84. The Kier molecular flexibility index (Phi) is 3.23. The summed E-state index contributed by atoms with van der Waals surface area (Å²) in [5.74, 6) is -1.07. The van der Waals surface area contributed by atoms with Crippen LogP contribution in [-0.4, -0.2) is 10.9 Å². The minimum absolute atomic E-state index is 0.107. The van der Waals surface area contributed by atoms with Crippen molar-refractivity contribution in [2.75, 3.05) is 11.1 Å². The highest BCUT2D eigenvalue weighted by atomic mass is 19.1. The molecule has 5 heteroatoms. The predicted octanol–water partition coefficient (Wildman–Crippen LogP) is 2.36. The summed E-state index contributed by atoms with van der Waals surface area (Å²) in [5.41, 5.74) is 6.84. The second-order valence-corrected chi connectivity index (χ2v) is 3.84. The van der Waals surface area contributed by atoms with Crippen LogP contribution in [0.3, 0.4) is 0 Å². The summed E-state index contributed by atoms with van der Waals surface area (Å²) in [5, 5.41) is 2.61. The molecule has 0 unspecified atom stereocenters. The third-order valence-corrected chi connectivity index (χ3v) is 2.47. The quantitative estimate of drug-likeness (QED) is 0.798. The molecule has 0 radical (unpaired) electrons. The van der Waals surface area contributed by atoms with Crippen LogP contribution in [0.5, 0.6) is 0 Å². The van der Waals surface area contributed by atoms with Gasteiger partial charge in [-0.05, 0) is 31.2 Å². The number of nitrogen functional groups attached to an aromatic ring is 1. The van der Waals surface area contributed by atoms with E-state index in [1.54, 1.807) is 12.1 Å². The van der Waals surface area contributed by atoms with Crippen LogP contribution in [0.4, 0.5) is 15.8 Å². The van der Waals surface area contributed by atoms with Gasteiger partial charge in [0.2, 0.25) is 0 Å². The number of hydrogen-bond donors (Lipinski definition) is 2. The first-order chi connectivity index (χ1) is 8.58. The third kappa shape index (κ3) is 2.45. The molecule has 2 aromatic rings. The molecule has 0 atom stereocenters. The lowest BCUT2D eigenvalue weighted by molar-refractivity contribution is 0.102. The number of pyridine rings is 1. The van der Waals surface area contributed by atoms with Gasteiger partial charge in [-0.25, -0.2) is 4.39 Å². The van der Waals surface area contributed by atoms with Crippen LogP contribution in [0.2, 0.25) is 0 Å². The molecule has 18 heavy (non-hydrogen) atoms. The van der Waals surface area contributed by atoms with Crippen LogP contribution in [0, 0.1) is 12.7 Å². The van der Waals surface area contributed by atoms with Crippen LogP contribution in [0.15, 0.2) is 36.5 Å². The normalized spacial score (nSPS) is 10.1. The number of aryl methyl sites for hydroxylation is 1. The molecule has 0 bridgehead atoms. The van der Waals surface area contributed by atoms with E-state index in [9.17, 15) is 9.18 Å². The monoisotopic (exact) mass is 245 g/mol. The van der Waals surface area contributed by atoms with Gasteiger partial charge in [-0.1, -0.05) is 6.07 Å². The molecule has 1 heterocycles. The fraction of sp³-hybridized carbons (Fsp3) is 0.0769. The third-order valence-electron chi connectivity index (χ3n) is 2.47. The predicted molar refractivity (Wildman–Crippen MR) is 67.7 cm³/mol. The van der Waals surface area contributed by atoms with Crippen molar-refractivity contribution in [3.05, 3.63) is 53.6 Å². The van der Waals surface area contributed by atoms with Crippen molar-refractivity contribution in [3.8, 4) is 0 Å². The van der Waals surface area contributed by atoms with Gasteiger partial charge in [0.25, 0.3) is 5.91 Å². The number of nitrogens with two attached hydrogens (primary N) is 1. The Hall–Kier alpha value is -2.43. The van der Waals surface area contributed by atoms with Crippen LogP contribution in [-0.2, 0) is 0 Å². The number of carbonyl (C=O) groups excluding carboxylic acids is 1. The van der Waals surface area contributed by atoms with Crippen LogP contribution >= 0.6 is 0 Å². The van der Waals surface area contributed by atoms with E-state index >= 15 is 0 Å². The molecule has 0 aliphatic heterocycles. The second kappa shape index (κ2) is 4.83. The summed E-state index contributed by atoms with van der Waals surface area (Å²) < 4.78 is 13.2. The molecule has 4 nitrogen and oxygen atoms in total. The van der Waals surface area contributed by atoms with Crippen molar-refractivity contribution in [1.29, 1.82) is 0 Å². The molecular formula is C13H12FN3O. The molecule has 0 fully saturated rings. The van der Waals surface area contributed by atoms with Gasteiger partial charge < -0.3 is 11.1 Å². The Labute approximate surface area is 104 Å². The van der Waals surface area contributed by atoms with Crippen molar-refractivity contribution >= 4 is 17.3 Å². The molecule has 0 saturated heterocycles. The van der Waals surface area contributed by atoms with Gasteiger partial charge in [0.05, 0.1) is 23.1 Å². The summed E-state index contributed by atoms with van der Waals surface area (Å²) in [4.78, 5) is 15.9. The van der Waals surface area contributed by atoms with E-state index in [4.69, 9.17) is 5.73 Å². The number of anilines is 2. The molecular weight excluding hydrogens is 233 g/mol. The fourth-order valence-corrected chi connectivity index (χ4v) is 1.48. The Morgan fingerprint density at radius 2 is 2.11 bits per heavy atom. The SMILES string of the molecule is Cc1ccc(NC(=O)c2cccc(F)c2N)cn1. The average molecular weight is 245 g/mol. The number of halogens is 1. The van der Waals surface area contributed by atoms with Crippen LogP contribution in [0.25, 0.3) is 0 Å². The zero-order valence-electron chi connectivity index (χ0n) is 9.77. The Bertz CT molecular complexity index is 581. The molecule has 0 aliphatic rings. The number of amides is 1. The number of benzene rings is 1. The first kappa shape index (κ1) is 12.0. The number of rotatable bonds is 2. The van der Waals surface area contributed by atoms with Gasteiger partial charge in [0.15, 0.2) is 0 Å². The van der Waals surface area contributed by atoms with E-state index in [0.717, 1.165) is 5.69 Å². The number of hydrogen-bond acceptors (Lipinski definition) is 3. The topological polar surface area (TPSA) is 68.0 Å². The lowest BCUT2D eigenvalue weighted by Crippen LogP contribution is -2.14. The summed E-state index contributed by atoms with van der Waals surface area (Å²) in [6.07, 6.45) is 1.53. The van der Waals surface area contributed by atoms with Crippen LogP contribution < -0.4 is 11.1 Å². The molecule has 0 aliphatic carbocycles. The Balaban J connectivity index is 2.22. The van der Waals surface area contributed by atoms with E-state index < -0.39 is 11.7 Å². The lowest BCUT2D eigenvalue weighted by Gasteiger charge is -2.07. The number of carbonyl (C=O) groups is 1. The highest BCUT2D eigenvalue weighted by molar-refractivity contribution is 6.07. The smallest absolute Gasteiger partial charge is 0.257 e. The van der Waals surface area contributed by atoms with Crippen molar-refractivity contribution in [1.82, 2.24) is 4.98 Å². The first-order valence-corrected chi connectivity index (χ1v) is 5.36. The molecule has 1 aromatic carbocycles. The lowest BCUT2D eigenvalue weighted by atomic mass is 10.1. The standard InChI is InChI=1S/C13H12FN3O/c1-8-5-6-9(7-16-8)17-13(18)10-3-2-4-11(14)12(10)15/h2-7H,15H2,1H3,(H,17,18). The van der Waals surface area contributed by atoms with E-state index in [1.807, 2.05) is 6.92 Å². The number of aromatic nitrogens is 1. The van der Waals surface area contributed by atoms with Crippen molar-refractivity contribution < 1.29 is 9.18 Å². The molecule has 3 N–H and O–H groups in total. The largest absolute Gasteiger partial charge is 0.396 e. The fourth-order valence-electron chi connectivity index (χ4n) is 1.48. The Morgan fingerprint density at radius 3 is 2.78 bits per heavy atom. The molecule has 0 spiro atoms. The van der Waals surface area contributed by atoms with Gasteiger partial charge >= 0.3 is 0 Å². The molecule has 92 valence electrons. The zero-order chi connectivity index (χ0) is 13.1. The highest BCUT2D eigenvalue weighted by Gasteiger charge is 2.12. The average Bonchev–Trinajstić information content (AvgIpc) is 2.35. The van der Waals surface area contributed by atoms with E-state index in [-0.39, 0.29) is 11.3 Å². The molecule has 1 amide bonds. The minimum Gasteiger partial charge on any atom is -0.396 e. The van der Waals surface area contributed by atoms with Crippen molar-refractivity contribution in [2.24, 2.45) is 0 Å². The van der Waals surface area contributed by atoms with Crippen LogP contribution in [0.1, 0.15) is 16.1 Å². The first-order valence-electron chi connectivity index (χ1n) is 5.36. The number of nitrogens with one attached hydrogen (secondary N) is 1. The Morgan fingerprint density at radius 1 is 1.33 bits per heavy atom. The van der Waals surface area contributed by atoms with Crippen molar-refractivity contribution in [2.45, 2.75) is 6.92 Å². The highest BCUT2D eigenvalue weighted by Crippen LogP contribution is 2.17. The zero-order valence-corrected chi connectivity index (χ0v) is 9.77. The number of para-hydroxylation sites is 1. The summed E-state index contributed by atoms with van der Waals surface area (Å²) in [7, 11) is 0. The summed E-state index contributed by atoms with van der Waals surface area (Å²) in [6.45, 7) is 1.84. The maximum atomic E-state index is 13.2. The molecule has 0 saturated carbocycles. The van der Waals surface area contributed by atoms with Gasteiger partial charge in [-0.15, -0.1) is 0 Å². The minimum atomic E-state index is -0.607. The molecule has 1 aromatic heterocycles. The maximum absolute atomic E-state index is 13.2. The van der Waals surface area contributed by atoms with Crippen molar-refractivity contribution in [3.63, 3.8) is 0 Å². The van der Waals surface area contributed by atoms with E-state index in [1.165, 1.54) is 24.4 Å². The van der Waals surface area contributed by atoms with Gasteiger partial charge in [-0.2, -0.15) is 0 Å². The summed E-state index contributed by atoms with van der Waals surface area (Å²) in [6, 6.07) is 7.60. The maximum Gasteiger partial charge on any atom is 0.257 e. The number of nitrogens with zero attached hydrogens (tertiary/aromatic N) is 1. The van der Waals surface area contributed by atoms with Gasteiger partial charge in [-0.3, -0.25) is 9.78 Å².